The van der Waals surface area contributed by atoms with E-state index in [0.717, 1.165) is 11.6 Å². The lowest BCUT2D eigenvalue weighted by Gasteiger charge is -2.19. The second-order valence-electron chi connectivity index (χ2n) is 4.10. The standard InChI is InChI=1S/C15H15ClIN/c1-2-18-15(11-6-8-13(16)9-7-11)12-4-3-5-14(17)10-12/h3-10,15,18H,2H2,1H3. The van der Waals surface area contributed by atoms with Gasteiger partial charge in [0, 0.05) is 8.59 Å². The van der Waals surface area contributed by atoms with E-state index in [2.05, 4.69) is 71.2 Å². The highest BCUT2D eigenvalue weighted by Gasteiger charge is 2.12. The van der Waals surface area contributed by atoms with Crippen LogP contribution in [0.1, 0.15) is 24.1 Å². The van der Waals surface area contributed by atoms with Crippen LogP contribution in [-0.4, -0.2) is 6.54 Å². The molecule has 0 bridgehead atoms. The van der Waals surface area contributed by atoms with Gasteiger partial charge in [0.1, 0.15) is 0 Å². The Balaban J connectivity index is 2.36. The van der Waals surface area contributed by atoms with Gasteiger partial charge in [-0.3, -0.25) is 0 Å². The van der Waals surface area contributed by atoms with E-state index in [1.165, 1.54) is 14.7 Å². The molecule has 94 valence electrons. The lowest BCUT2D eigenvalue weighted by Crippen LogP contribution is -2.21. The molecule has 2 aromatic rings. The van der Waals surface area contributed by atoms with Gasteiger partial charge >= 0.3 is 0 Å². The Kier molecular flexibility index (Phi) is 5.03. The van der Waals surface area contributed by atoms with Gasteiger partial charge in [0.2, 0.25) is 0 Å². The largest absolute Gasteiger partial charge is 0.307 e. The van der Waals surface area contributed by atoms with Crippen LogP contribution >= 0.6 is 34.2 Å². The lowest BCUT2D eigenvalue weighted by molar-refractivity contribution is 0.630. The number of halogens is 2. The van der Waals surface area contributed by atoms with E-state index in [1.807, 2.05) is 12.1 Å². The molecule has 0 aliphatic carbocycles. The maximum Gasteiger partial charge on any atom is 0.0577 e. The first kappa shape index (κ1) is 13.8. The Hall–Kier alpha value is -0.580. The summed E-state index contributed by atoms with van der Waals surface area (Å²) in [5.74, 6) is 0. The molecule has 1 atom stereocenters. The van der Waals surface area contributed by atoms with Crippen LogP contribution in [0, 0.1) is 3.57 Å². The first-order valence-electron chi connectivity index (χ1n) is 5.95. The summed E-state index contributed by atoms with van der Waals surface area (Å²) in [6.07, 6.45) is 0. The molecule has 0 radical (unpaired) electrons. The number of rotatable bonds is 4. The van der Waals surface area contributed by atoms with Gasteiger partial charge in [-0.15, -0.1) is 0 Å². The fourth-order valence-electron chi connectivity index (χ4n) is 1.97. The minimum absolute atomic E-state index is 0.224. The number of hydrogen-bond donors (Lipinski definition) is 1. The van der Waals surface area contributed by atoms with Crippen LogP contribution in [0.4, 0.5) is 0 Å². The molecule has 0 spiro atoms. The molecule has 0 aliphatic heterocycles. The molecule has 0 saturated heterocycles. The first-order valence-corrected chi connectivity index (χ1v) is 7.40. The van der Waals surface area contributed by atoms with E-state index in [9.17, 15) is 0 Å². The Morgan fingerprint density at radius 2 is 1.83 bits per heavy atom. The Morgan fingerprint density at radius 3 is 2.44 bits per heavy atom. The van der Waals surface area contributed by atoms with Crippen LogP contribution in [0.2, 0.25) is 5.02 Å². The van der Waals surface area contributed by atoms with Crippen LogP contribution in [-0.2, 0) is 0 Å². The van der Waals surface area contributed by atoms with Crippen molar-refractivity contribution in [3.05, 3.63) is 68.3 Å². The van der Waals surface area contributed by atoms with E-state index in [4.69, 9.17) is 11.6 Å². The highest BCUT2D eigenvalue weighted by molar-refractivity contribution is 14.1. The Bertz CT molecular complexity index is 510. The van der Waals surface area contributed by atoms with Gasteiger partial charge in [-0.05, 0) is 64.5 Å². The fourth-order valence-corrected chi connectivity index (χ4v) is 2.67. The van der Waals surface area contributed by atoms with Crippen molar-refractivity contribution in [1.29, 1.82) is 0 Å². The van der Waals surface area contributed by atoms with Gasteiger partial charge in [-0.2, -0.15) is 0 Å². The Morgan fingerprint density at radius 1 is 1.11 bits per heavy atom. The molecule has 0 aliphatic rings. The van der Waals surface area contributed by atoms with Crippen molar-refractivity contribution in [2.24, 2.45) is 0 Å². The second-order valence-corrected chi connectivity index (χ2v) is 5.78. The highest BCUT2D eigenvalue weighted by Crippen LogP contribution is 2.24. The normalized spacial score (nSPS) is 12.4. The summed E-state index contributed by atoms with van der Waals surface area (Å²) in [5.41, 5.74) is 2.52. The van der Waals surface area contributed by atoms with Gasteiger partial charge in [0.15, 0.2) is 0 Å². The highest BCUT2D eigenvalue weighted by atomic mass is 127. The van der Waals surface area contributed by atoms with E-state index in [-0.39, 0.29) is 6.04 Å². The SMILES string of the molecule is CCNC(c1ccc(Cl)cc1)c1cccc(I)c1. The van der Waals surface area contributed by atoms with Crippen molar-refractivity contribution in [3.63, 3.8) is 0 Å². The fraction of sp³-hybridized carbons (Fsp3) is 0.200. The zero-order valence-electron chi connectivity index (χ0n) is 10.2. The van der Waals surface area contributed by atoms with Gasteiger partial charge in [0.05, 0.1) is 6.04 Å². The third kappa shape index (κ3) is 3.46. The summed E-state index contributed by atoms with van der Waals surface area (Å²) in [4.78, 5) is 0. The average molecular weight is 372 g/mol. The van der Waals surface area contributed by atoms with Crippen molar-refractivity contribution in [3.8, 4) is 0 Å². The summed E-state index contributed by atoms with van der Waals surface area (Å²) in [6, 6.07) is 16.8. The topological polar surface area (TPSA) is 12.0 Å². The van der Waals surface area contributed by atoms with Gasteiger partial charge in [-0.25, -0.2) is 0 Å². The quantitative estimate of drug-likeness (QED) is 0.772. The average Bonchev–Trinajstić information content (AvgIpc) is 2.37. The van der Waals surface area contributed by atoms with Crippen LogP contribution < -0.4 is 5.32 Å². The van der Waals surface area contributed by atoms with Gasteiger partial charge < -0.3 is 5.32 Å². The Labute approximate surface area is 127 Å². The van der Waals surface area contributed by atoms with Crippen LogP contribution in [0.25, 0.3) is 0 Å². The monoisotopic (exact) mass is 371 g/mol. The molecule has 2 aromatic carbocycles. The third-order valence-electron chi connectivity index (χ3n) is 2.79. The summed E-state index contributed by atoms with van der Waals surface area (Å²) < 4.78 is 1.25. The van der Waals surface area contributed by atoms with Crippen molar-refractivity contribution >= 4 is 34.2 Å². The summed E-state index contributed by atoms with van der Waals surface area (Å²) in [5, 5.41) is 4.29. The molecule has 0 aromatic heterocycles. The lowest BCUT2D eigenvalue weighted by atomic mass is 9.99. The first-order chi connectivity index (χ1) is 8.70. The molecule has 18 heavy (non-hydrogen) atoms. The smallest absolute Gasteiger partial charge is 0.0577 e. The molecular weight excluding hydrogens is 357 g/mol. The van der Waals surface area contributed by atoms with E-state index < -0.39 is 0 Å². The summed E-state index contributed by atoms with van der Waals surface area (Å²) >= 11 is 8.29. The predicted octanol–water partition coefficient (Wildman–Crippen LogP) is 4.64. The van der Waals surface area contributed by atoms with Crippen LogP contribution in [0.5, 0.6) is 0 Å². The van der Waals surface area contributed by atoms with Crippen molar-refractivity contribution in [2.75, 3.05) is 6.54 Å². The van der Waals surface area contributed by atoms with Crippen LogP contribution in [0.3, 0.4) is 0 Å². The molecule has 0 heterocycles. The number of hydrogen-bond acceptors (Lipinski definition) is 1. The maximum atomic E-state index is 5.94. The molecule has 0 amide bonds. The van der Waals surface area contributed by atoms with Crippen molar-refractivity contribution in [2.45, 2.75) is 13.0 Å². The zero-order chi connectivity index (χ0) is 13.0. The van der Waals surface area contributed by atoms with E-state index in [0.29, 0.717) is 0 Å². The van der Waals surface area contributed by atoms with Crippen molar-refractivity contribution < 1.29 is 0 Å². The summed E-state index contributed by atoms with van der Waals surface area (Å²) in [7, 11) is 0. The second kappa shape index (κ2) is 6.55. The molecule has 1 nitrogen and oxygen atoms in total. The molecule has 3 heteroatoms. The summed E-state index contributed by atoms with van der Waals surface area (Å²) in [6.45, 7) is 3.05. The molecule has 1 N–H and O–H groups in total. The minimum atomic E-state index is 0.224. The minimum Gasteiger partial charge on any atom is -0.307 e. The zero-order valence-corrected chi connectivity index (χ0v) is 13.1. The van der Waals surface area contributed by atoms with Gasteiger partial charge in [-0.1, -0.05) is 42.8 Å². The van der Waals surface area contributed by atoms with Gasteiger partial charge in [0.25, 0.3) is 0 Å². The molecule has 1 unspecified atom stereocenters. The predicted molar refractivity (Wildman–Crippen MR) is 86.1 cm³/mol. The van der Waals surface area contributed by atoms with Crippen LogP contribution in [0.15, 0.2) is 48.5 Å². The molecule has 0 fully saturated rings. The maximum absolute atomic E-state index is 5.94. The van der Waals surface area contributed by atoms with E-state index in [1.54, 1.807) is 0 Å². The number of benzene rings is 2. The van der Waals surface area contributed by atoms with E-state index >= 15 is 0 Å². The molecule has 2 rings (SSSR count). The molecular formula is C15H15ClIN. The number of nitrogens with one attached hydrogen (secondary N) is 1. The van der Waals surface area contributed by atoms with Crippen molar-refractivity contribution in [1.82, 2.24) is 5.32 Å². The third-order valence-corrected chi connectivity index (χ3v) is 3.72. The molecule has 0 saturated carbocycles.